The van der Waals surface area contributed by atoms with Crippen LogP contribution in [-0.2, 0) is 4.74 Å². The van der Waals surface area contributed by atoms with Gasteiger partial charge in [0.05, 0.1) is 17.2 Å². The molecule has 1 aliphatic heterocycles. The molecule has 4 heteroatoms. The Morgan fingerprint density at radius 1 is 1.38 bits per heavy atom. The fourth-order valence-electron chi connectivity index (χ4n) is 1.87. The van der Waals surface area contributed by atoms with Gasteiger partial charge in [0.15, 0.2) is 0 Å². The van der Waals surface area contributed by atoms with Crippen LogP contribution in [0.4, 0.5) is 0 Å². The Kier molecular flexibility index (Phi) is 3.58. The van der Waals surface area contributed by atoms with Gasteiger partial charge in [0.2, 0.25) is 5.88 Å². The van der Waals surface area contributed by atoms with Crippen molar-refractivity contribution in [2.75, 3.05) is 0 Å². The van der Waals surface area contributed by atoms with Crippen molar-refractivity contribution < 1.29 is 4.74 Å². The second-order valence-corrected chi connectivity index (χ2v) is 3.94. The Morgan fingerprint density at radius 2 is 1.94 bits per heavy atom. The standard InChI is InChI=1S/C12H15N3O/c1-4-7(2)11-9(5-13)8(3)16-12(15)10(11)6-14/h7,11H,4,15H2,1-3H3. The minimum Gasteiger partial charge on any atom is -0.444 e. The molecule has 0 fully saturated rings. The maximum absolute atomic E-state index is 9.12. The van der Waals surface area contributed by atoms with Crippen molar-refractivity contribution in [3.05, 3.63) is 22.8 Å². The number of nitrogens with two attached hydrogens (primary N) is 1. The summed E-state index contributed by atoms with van der Waals surface area (Å²) in [6.07, 6.45) is 0.877. The predicted octanol–water partition coefficient (Wildman–Crippen LogP) is 2.17. The monoisotopic (exact) mass is 217 g/mol. The quantitative estimate of drug-likeness (QED) is 0.768. The lowest BCUT2D eigenvalue weighted by Gasteiger charge is -2.27. The minimum absolute atomic E-state index is 0.129. The molecule has 0 radical (unpaired) electrons. The summed E-state index contributed by atoms with van der Waals surface area (Å²) >= 11 is 0. The summed E-state index contributed by atoms with van der Waals surface area (Å²) in [6, 6.07) is 4.17. The van der Waals surface area contributed by atoms with E-state index in [1.54, 1.807) is 6.92 Å². The van der Waals surface area contributed by atoms with Crippen molar-refractivity contribution in [3.63, 3.8) is 0 Å². The van der Waals surface area contributed by atoms with E-state index in [-0.39, 0.29) is 17.7 Å². The van der Waals surface area contributed by atoms with E-state index in [4.69, 9.17) is 21.0 Å². The summed E-state index contributed by atoms with van der Waals surface area (Å²) in [5, 5.41) is 18.2. The molecule has 2 N–H and O–H groups in total. The second-order valence-electron chi connectivity index (χ2n) is 3.94. The van der Waals surface area contributed by atoms with Crippen molar-refractivity contribution in [3.8, 4) is 12.1 Å². The third kappa shape index (κ3) is 1.87. The zero-order valence-electron chi connectivity index (χ0n) is 9.74. The van der Waals surface area contributed by atoms with Crippen LogP contribution < -0.4 is 5.73 Å². The average Bonchev–Trinajstić information content (AvgIpc) is 2.27. The van der Waals surface area contributed by atoms with Gasteiger partial charge in [-0.25, -0.2) is 0 Å². The van der Waals surface area contributed by atoms with Crippen LogP contribution in [0.1, 0.15) is 27.2 Å². The first kappa shape index (κ1) is 12.1. The highest BCUT2D eigenvalue weighted by molar-refractivity contribution is 5.44. The molecule has 0 aromatic carbocycles. The van der Waals surface area contributed by atoms with Crippen LogP contribution in [0.2, 0.25) is 0 Å². The molecule has 0 saturated carbocycles. The number of rotatable bonds is 2. The van der Waals surface area contributed by atoms with Crippen LogP contribution in [0, 0.1) is 34.5 Å². The Morgan fingerprint density at radius 3 is 2.38 bits per heavy atom. The van der Waals surface area contributed by atoms with Crippen molar-refractivity contribution in [2.24, 2.45) is 17.6 Å². The van der Waals surface area contributed by atoms with E-state index >= 15 is 0 Å². The molecule has 0 bridgehead atoms. The Hall–Kier alpha value is -1.94. The number of hydrogen-bond donors (Lipinski definition) is 1. The largest absolute Gasteiger partial charge is 0.444 e. The second kappa shape index (κ2) is 4.72. The molecule has 1 aliphatic rings. The molecule has 4 nitrogen and oxygen atoms in total. The van der Waals surface area contributed by atoms with Crippen LogP contribution in [0.25, 0.3) is 0 Å². The third-order valence-corrected chi connectivity index (χ3v) is 2.98. The number of ether oxygens (including phenoxy) is 1. The number of nitrogens with zero attached hydrogens (tertiary/aromatic N) is 2. The van der Waals surface area contributed by atoms with Gasteiger partial charge in [-0.05, 0) is 12.8 Å². The zero-order valence-corrected chi connectivity index (χ0v) is 9.74. The summed E-state index contributed by atoms with van der Waals surface area (Å²) < 4.78 is 5.21. The maximum atomic E-state index is 9.12. The molecule has 1 rings (SSSR count). The van der Waals surface area contributed by atoms with E-state index in [1.165, 1.54) is 0 Å². The lowest BCUT2D eigenvalue weighted by Crippen LogP contribution is -2.25. The van der Waals surface area contributed by atoms with E-state index in [0.29, 0.717) is 16.9 Å². The first-order valence-corrected chi connectivity index (χ1v) is 5.25. The highest BCUT2D eigenvalue weighted by Gasteiger charge is 2.33. The molecule has 1 heterocycles. The first-order valence-electron chi connectivity index (χ1n) is 5.25. The van der Waals surface area contributed by atoms with E-state index in [9.17, 15) is 0 Å². The van der Waals surface area contributed by atoms with Crippen LogP contribution in [0.5, 0.6) is 0 Å². The van der Waals surface area contributed by atoms with Gasteiger partial charge in [-0.1, -0.05) is 20.3 Å². The maximum Gasteiger partial charge on any atom is 0.204 e. The van der Waals surface area contributed by atoms with Crippen LogP contribution in [0.3, 0.4) is 0 Å². The van der Waals surface area contributed by atoms with E-state index < -0.39 is 0 Å². The normalized spacial score (nSPS) is 22.2. The van der Waals surface area contributed by atoms with Crippen LogP contribution in [0.15, 0.2) is 22.8 Å². The molecule has 0 amide bonds. The Labute approximate surface area is 95.6 Å². The summed E-state index contributed by atoms with van der Waals surface area (Å²) in [4.78, 5) is 0. The highest BCUT2D eigenvalue weighted by Crippen LogP contribution is 2.36. The van der Waals surface area contributed by atoms with Gasteiger partial charge in [-0.3, -0.25) is 0 Å². The van der Waals surface area contributed by atoms with Crippen molar-refractivity contribution in [1.82, 2.24) is 0 Å². The van der Waals surface area contributed by atoms with Gasteiger partial charge in [0.1, 0.15) is 11.8 Å². The summed E-state index contributed by atoms with van der Waals surface area (Å²) in [7, 11) is 0. The summed E-state index contributed by atoms with van der Waals surface area (Å²) in [5.41, 5.74) is 6.56. The zero-order chi connectivity index (χ0) is 12.3. The van der Waals surface area contributed by atoms with Crippen LogP contribution >= 0.6 is 0 Å². The van der Waals surface area contributed by atoms with Gasteiger partial charge in [0.25, 0.3) is 0 Å². The molecule has 0 spiro atoms. The van der Waals surface area contributed by atoms with Gasteiger partial charge in [-0.2, -0.15) is 10.5 Å². The fourth-order valence-corrected chi connectivity index (χ4v) is 1.87. The smallest absolute Gasteiger partial charge is 0.204 e. The number of nitriles is 2. The minimum atomic E-state index is -0.228. The van der Waals surface area contributed by atoms with Gasteiger partial charge >= 0.3 is 0 Å². The van der Waals surface area contributed by atoms with Crippen molar-refractivity contribution in [1.29, 1.82) is 10.5 Å². The van der Waals surface area contributed by atoms with Gasteiger partial charge in [0, 0.05) is 5.92 Å². The molecule has 0 aromatic rings. The topological polar surface area (TPSA) is 82.8 Å². The first-order chi connectivity index (χ1) is 7.56. The van der Waals surface area contributed by atoms with E-state index in [1.807, 2.05) is 19.9 Å². The van der Waals surface area contributed by atoms with E-state index in [0.717, 1.165) is 6.42 Å². The Bertz CT molecular complexity index is 398. The molecular formula is C12H15N3O. The Balaban J connectivity index is 3.28. The lowest BCUT2D eigenvalue weighted by atomic mass is 9.79. The molecule has 2 unspecified atom stereocenters. The summed E-state index contributed by atoms with van der Waals surface area (Å²) in [5.74, 6) is 0.601. The molecule has 0 aliphatic carbocycles. The molecule has 0 saturated heterocycles. The molecule has 0 aromatic heterocycles. The SMILES string of the molecule is CCC(C)C1C(C#N)=C(C)OC(N)=C1C#N. The third-order valence-electron chi connectivity index (χ3n) is 2.98. The van der Waals surface area contributed by atoms with Crippen molar-refractivity contribution in [2.45, 2.75) is 27.2 Å². The molecule has 2 atom stereocenters. The molecular weight excluding hydrogens is 202 g/mol. The van der Waals surface area contributed by atoms with Crippen LogP contribution in [-0.4, -0.2) is 0 Å². The number of allylic oxidation sites excluding steroid dienone is 3. The average molecular weight is 217 g/mol. The van der Waals surface area contributed by atoms with Crippen molar-refractivity contribution >= 4 is 0 Å². The highest BCUT2D eigenvalue weighted by atomic mass is 16.5. The van der Waals surface area contributed by atoms with E-state index in [2.05, 4.69) is 6.07 Å². The van der Waals surface area contributed by atoms with Gasteiger partial charge in [-0.15, -0.1) is 0 Å². The molecule has 84 valence electrons. The summed E-state index contributed by atoms with van der Waals surface area (Å²) in [6.45, 7) is 5.73. The van der Waals surface area contributed by atoms with Gasteiger partial charge < -0.3 is 10.5 Å². The number of hydrogen-bond acceptors (Lipinski definition) is 4. The molecule has 16 heavy (non-hydrogen) atoms. The predicted molar refractivity (Wildman–Crippen MR) is 59.2 cm³/mol. The fraction of sp³-hybridized carbons (Fsp3) is 0.500. The lowest BCUT2D eigenvalue weighted by molar-refractivity contribution is 0.263.